The van der Waals surface area contributed by atoms with Gasteiger partial charge in [0.1, 0.15) is 24.7 Å². The van der Waals surface area contributed by atoms with E-state index in [0.717, 1.165) is 22.7 Å². The number of aromatic nitrogens is 2. The van der Waals surface area contributed by atoms with E-state index in [1.54, 1.807) is 14.2 Å². The number of methoxy groups -OCH3 is 2. The molecule has 0 aliphatic rings. The predicted octanol–water partition coefficient (Wildman–Crippen LogP) is 2.94. The fourth-order valence-electron chi connectivity index (χ4n) is 2.67. The lowest BCUT2D eigenvalue weighted by atomic mass is 10.1. The van der Waals surface area contributed by atoms with E-state index in [1.165, 1.54) is 0 Å². The molecule has 0 aliphatic carbocycles. The molecule has 0 amide bonds. The molecule has 3 rings (SSSR count). The van der Waals surface area contributed by atoms with Gasteiger partial charge in [-0.1, -0.05) is 0 Å². The van der Waals surface area contributed by atoms with Crippen molar-refractivity contribution < 1.29 is 24.1 Å². The summed E-state index contributed by atoms with van der Waals surface area (Å²) >= 11 is 0. The zero-order valence-corrected chi connectivity index (χ0v) is 16.0. The summed E-state index contributed by atoms with van der Waals surface area (Å²) in [6.07, 6.45) is 0. The molecule has 1 heterocycles. The Hall–Kier alpha value is -3.03. The molecule has 0 unspecified atom stereocenters. The Labute approximate surface area is 164 Å². The van der Waals surface area contributed by atoms with Crippen LogP contribution in [0.5, 0.6) is 17.4 Å². The van der Waals surface area contributed by atoms with E-state index in [0.29, 0.717) is 24.8 Å². The van der Waals surface area contributed by atoms with Gasteiger partial charge in [-0.25, -0.2) is 4.68 Å². The molecule has 1 N–H and O–H groups in total. The lowest BCUT2D eigenvalue weighted by Crippen LogP contribution is -2.05. The molecule has 3 aromatic rings. The summed E-state index contributed by atoms with van der Waals surface area (Å²) < 4.78 is 23.2. The highest BCUT2D eigenvalue weighted by Crippen LogP contribution is 2.29. The van der Waals surface area contributed by atoms with Crippen LogP contribution in [0.25, 0.3) is 16.9 Å². The lowest BCUT2D eigenvalue weighted by molar-refractivity contribution is 0.143. The van der Waals surface area contributed by atoms with E-state index in [1.807, 2.05) is 59.3 Å². The quantitative estimate of drug-likeness (QED) is 0.542. The van der Waals surface area contributed by atoms with Crippen LogP contribution in [0.4, 0.5) is 0 Å². The van der Waals surface area contributed by atoms with Crippen molar-refractivity contribution in [1.29, 1.82) is 0 Å². The van der Waals surface area contributed by atoms with Gasteiger partial charge < -0.3 is 24.1 Å². The Kier molecular flexibility index (Phi) is 6.89. The van der Waals surface area contributed by atoms with E-state index in [9.17, 15) is 0 Å². The highest BCUT2D eigenvalue weighted by Gasteiger charge is 2.13. The SMILES string of the molecule is COCCOc1cc(-c2ccc(OCCO)cc2)n(-c2ccc(OC)cc2)n1. The van der Waals surface area contributed by atoms with Crippen molar-refractivity contribution in [3.63, 3.8) is 0 Å². The number of aliphatic hydroxyl groups excluding tert-OH is 1. The van der Waals surface area contributed by atoms with Gasteiger partial charge in [-0.2, -0.15) is 0 Å². The van der Waals surface area contributed by atoms with Crippen molar-refractivity contribution in [3.05, 3.63) is 54.6 Å². The second kappa shape index (κ2) is 9.77. The van der Waals surface area contributed by atoms with E-state index < -0.39 is 0 Å². The smallest absolute Gasteiger partial charge is 0.233 e. The Morgan fingerprint density at radius 3 is 2.21 bits per heavy atom. The van der Waals surface area contributed by atoms with E-state index in [4.69, 9.17) is 24.1 Å². The number of aliphatic hydroxyl groups is 1. The van der Waals surface area contributed by atoms with Gasteiger partial charge in [0.15, 0.2) is 0 Å². The maximum absolute atomic E-state index is 8.88. The van der Waals surface area contributed by atoms with Gasteiger partial charge >= 0.3 is 0 Å². The zero-order chi connectivity index (χ0) is 19.8. The van der Waals surface area contributed by atoms with Crippen LogP contribution in [0.3, 0.4) is 0 Å². The lowest BCUT2D eigenvalue weighted by Gasteiger charge is -2.09. The largest absolute Gasteiger partial charge is 0.497 e. The van der Waals surface area contributed by atoms with Crippen LogP contribution < -0.4 is 14.2 Å². The Morgan fingerprint density at radius 2 is 1.57 bits per heavy atom. The van der Waals surface area contributed by atoms with Crippen molar-refractivity contribution in [2.45, 2.75) is 0 Å². The third-order valence-electron chi connectivity index (χ3n) is 4.05. The summed E-state index contributed by atoms with van der Waals surface area (Å²) in [7, 11) is 3.27. The third-order valence-corrected chi connectivity index (χ3v) is 4.05. The van der Waals surface area contributed by atoms with Crippen LogP contribution in [-0.4, -0.2) is 55.5 Å². The molecule has 28 heavy (non-hydrogen) atoms. The fourth-order valence-corrected chi connectivity index (χ4v) is 2.67. The zero-order valence-electron chi connectivity index (χ0n) is 16.0. The van der Waals surface area contributed by atoms with Crippen LogP contribution in [0.2, 0.25) is 0 Å². The summed E-state index contributed by atoms with van der Waals surface area (Å²) in [6.45, 7) is 1.15. The maximum atomic E-state index is 8.88. The summed E-state index contributed by atoms with van der Waals surface area (Å²) in [5, 5.41) is 13.5. The first-order valence-corrected chi connectivity index (χ1v) is 8.95. The number of rotatable bonds is 10. The van der Waals surface area contributed by atoms with Gasteiger partial charge in [0.25, 0.3) is 0 Å². The first-order chi connectivity index (χ1) is 13.7. The molecule has 0 saturated heterocycles. The van der Waals surface area contributed by atoms with Gasteiger partial charge in [0.05, 0.1) is 31.7 Å². The van der Waals surface area contributed by atoms with Crippen molar-refractivity contribution in [3.8, 4) is 34.3 Å². The van der Waals surface area contributed by atoms with Gasteiger partial charge in [0, 0.05) is 18.7 Å². The van der Waals surface area contributed by atoms with Crippen LogP contribution in [-0.2, 0) is 4.74 Å². The first kappa shape index (κ1) is 19.7. The molecule has 0 bridgehead atoms. The summed E-state index contributed by atoms with van der Waals surface area (Å²) in [5.74, 6) is 1.99. The number of nitrogens with zero attached hydrogens (tertiary/aromatic N) is 2. The monoisotopic (exact) mass is 384 g/mol. The number of benzene rings is 2. The average molecular weight is 384 g/mol. The van der Waals surface area contributed by atoms with Gasteiger partial charge in [-0.05, 0) is 48.5 Å². The standard InChI is InChI=1S/C21H24N2O5/c1-25-13-14-28-21-15-20(16-3-7-19(8-4-16)27-12-11-24)23(22-21)17-5-9-18(26-2)10-6-17/h3-10,15,24H,11-14H2,1-2H3. The van der Waals surface area contributed by atoms with Gasteiger partial charge in [-0.3, -0.25) is 0 Å². The van der Waals surface area contributed by atoms with Crippen LogP contribution in [0.1, 0.15) is 0 Å². The summed E-state index contributed by atoms with van der Waals surface area (Å²) in [4.78, 5) is 0. The molecule has 7 nitrogen and oxygen atoms in total. The van der Waals surface area contributed by atoms with Crippen LogP contribution >= 0.6 is 0 Å². The molecular formula is C21H24N2O5. The molecule has 0 saturated carbocycles. The Bertz CT molecular complexity index is 860. The summed E-state index contributed by atoms with van der Waals surface area (Å²) in [5.41, 5.74) is 2.73. The Morgan fingerprint density at radius 1 is 0.857 bits per heavy atom. The first-order valence-electron chi connectivity index (χ1n) is 8.95. The fraction of sp³-hybridized carbons (Fsp3) is 0.286. The van der Waals surface area contributed by atoms with Crippen molar-refractivity contribution in [2.24, 2.45) is 0 Å². The number of ether oxygens (including phenoxy) is 4. The molecule has 0 aliphatic heterocycles. The molecule has 7 heteroatoms. The molecule has 0 atom stereocenters. The second-order valence-electron chi connectivity index (χ2n) is 5.92. The minimum absolute atomic E-state index is 0.0197. The maximum Gasteiger partial charge on any atom is 0.233 e. The molecular weight excluding hydrogens is 360 g/mol. The second-order valence-corrected chi connectivity index (χ2v) is 5.92. The topological polar surface area (TPSA) is 75.0 Å². The van der Waals surface area contributed by atoms with Crippen LogP contribution in [0.15, 0.2) is 54.6 Å². The third kappa shape index (κ3) is 4.82. The van der Waals surface area contributed by atoms with Gasteiger partial charge in [-0.15, -0.1) is 5.10 Å². The number of hydrogen-bond acceptors (Lipinski definition) is 6. The number of hydrogen-bond donors (Lipinski definition) is 1. The highest BCUT2D eigenvalue weighted by molar-refractivity contribution is 5.64. The molecule has 0 spiro atoms. The van der Waals surface area contributed by atoms with Gasteiger partial charge in [0.2, 0.25) is 5.88 Å². The molecule has 148 valence electrons. The molecule has 1 aromatic heterocycles. The minimum atomic E-state index is -0.0197. The average Bonchev–Trinajstić information content (AvgIpc) is 3.17. The van der Waals surface area contributed by atoms with Crippen molar-refractivity contribution in [1.82, 2.24) is 9.78 Å². The summed E-state index contributed by atoms with van der Waals surface area (Å²) in [6, 6.07) is 17.2. The van der Waals surface area contributed by atoms with Crippen molar-refractivity contribution >= 4 is 0 Å². The Balaban J connectivity index is 1.92. The van der Waals surface area contributed by atoms with E-state index in [2.05, 4.69) is 5.10 Å². The normalized spacial score (nSPS) is 10.7. The van der Waals surface area contributed by atoms with Crippen LogP contribution in [0, 0.1) is 0 Å². The minimum Gasteiger partial charge on any atom is -0.497 e. The van der Waals surface area contributed by atoms with Crippen molar-refractivity contribution in [2.75, 3.05) is 40.6 Å². The molecule has 0 radical (unpaired) electrons. The molecule has 2 aromatic carbocycles. The van der Waals surface area contributed by atoms with E-state index in [-0.39, 0.29) is 13.2 Å². The predicted molar refractivity (Wildman–Crippen MR) is 106 cm³/mol. The molecule has 0 fully saturated rings. The highest BCUT2D eigenvalue weighted by atomic mass is 16.5. The van der Waals surface area contributed by atoms with E-state index >= 15 is 0 Å².